The van der Waals surface area contributed by atoms with Gasteiger partial charge in [-0.2, -0.15) is 0 Å². The summed E-state index contributed by atoms with van der Waals surface area (Å²) in [6, 6.07) is 5.51. The molecule has 6 heteroatoms. The van der Waals surface area contributed by atoms with Crippen LogP contribution in [0.1, 0.15) is 13.3 Å². The van der Waals surface area contributed by atoms with E-state index < -0.39 is 6.10 Å². The number of halogens is 1. The Labute approximate surface area is 123 Å². The molecule has 1 aromatic rings. The van der Waals surface area contributed by atoms with Crippen molar-refractivity contribution in [3.05, 3.63) is 23.2 Å². The molecule has 0 aliphatic carbocycles. The van der Waals surface area contributed by atoms with Crippen molar-refractivity contribution >= 4 is 23.2 Å². The zero-order valence-electron chi connectivity index (χ0n) is 11.6. The Kier molecular flexibility index (Phi) is 4.73. The van der Waals surface area contributed by atoms with E-state index >= 15 is 0 Å². The number of nitrogens with zero attached hydrogens (tertiary/aromatic N) is 1. The van der Waals surface area contributed by atoms with E-state index in [2.05, 4.69) is 10.2 Å². The van der Waals surface area contributed by atoms with Crippen molar-refractivity contribution in [2.45, 2.75) is 25.5 Å². The van der Waals surface area contributed by atoms with Crippen molar-refractivity contribution in [2.24, 2.45) is 0 Å². The zero-order valence-corrected chi connectivity index (χ0v) is 12.4. The number of rotatable bonds is 4. The van der Waals surface area contributed by atoms with Gasteiger partial charge in [0.05, 0.1) is 12.8 Å². The fraction of sp³-hybridized carbons (Fsp3) is 0.500. The number of nitrogens with one attached hydrogen (secondary N) is 1. The highest BCUT2D eigenvalue weighted by Crippen LogP contribution is 2.33. The summed E-state index contributed by atoms with van der Waals surface area (Å²) in [4.78, 5) is 13.6. The lowest BCUT2D eigenvalue weighted by atomic mass is 10.2. The third-order valence-electron chi connectivity index (χ3n) is 3.40. The number of aliphatic hydroxyl groups is 1. The standard InChI is InChI=1S/C14H19ClN2O3/c1-9(18)14(19)16-11-5-6-17(8-11)12-7-10(15)3-4-13(12)20-2/h3-4,7,9,11,18H,5-6,8H2,1-2H3,(H,16,19). The van der Waals surface area contributed by atoms with Gasteiger partial charge in [-0.3, -0.25) is 4.79 Å². The Balaban J connectivity index is 2.06. The molecule has 2 unspecified atom stereocenters. The van der Waals surface area contributed by atoms with Crippen LogP contribution in [-0.2, 0) is 4.79 Å². The molecule has 0 aromatic heterocycles. The van der Waals surface area contributed by atoms with Crippen molar-refractivity contribution in [1.29, 1.82) is 0 Å². The van der Waals surface area contributed by atoms with Crippen molar-refractivity contribution in [3.8, 4) is 5.75 Å². The fourth-order valence-electron chi connectivity index (χ4n) is 2.33. The van der Waals surface area contributed by atoms with Gasteiger partial charge in [-0.05, 0) is 31.5 Å². The minimum atomic E-state index is -0.982. The molecular weight excluding hydrogens is 280 g/mol. The lowest BCUT2D eigenvalue weighted by molar-refractivity contribution is -0.129. The van der Waals surface area contributed by atoms with E-state index in [4.69, 9.17) is 16.3 Å². The highest BCUT2D eigenvalue weighted by atomic mass is 35.5. The molecule has 0 bridgehead atoms. The lowest BCUT2D eigenvalue weighted by Crippen LogP contribution is -2.41. The molecule has 1 aliphatic rings. The highest BCUT2D eigenvalue weighted by Gasteiger charge is 2.26. The van der Waals surface area contributed by atoms with Gasteiger partial charge < -0.3 is 20.1 Å². The average molecular weight is 299 g/mol. The van der Waals surface area contributed by atoms with Gasteiger partial charge in [-0.25, -0.2) is 0 Å². The second-order valence-corrected chi connectivity index (χ2v) is 5.37. The predicted octanol–water partition coefficient (Wildman–Crippen LogP) is 1.42. The fourth-order valence-corrected chi connectivity index (χ4v) is 2.50. The molecule has 20 heavy (non-hydrogen) atoms. The van der Waals surface area contributed by atoms with Crippen molar-refractivity contribution in [2.75, 3.05) is 25.1 Å². The number of anilines is 1. The van der Waals surface area contributed by atoms with Crippen molar-refractivity contribution in [1.82, 2.24) is 5.32 Å². The minimum absolute atomic E-state index is 0.0285. The molecule has 0 spiro atoms. The van der Waals surface area contributed by atoms with Crippen molar-refractivity contribution < 1.29 is 14.6 Å². The van der Waals surface area contributed by atoms with Gasteiger partial charge in [-0.15, -0.1) is 0 Å². The summed E-state index contributed by atoms with van der Waals surface area (Å²) in [6.07, 6.45) is -0.154. The number of benzene rings is 1. The maximum absolute atomic E-state index is 11.5. The topological polar surface area (TPSA) is 61.8 Å². The molecule has 1 aliphatic heterocycles. The third-order valence-corrected chi connectivity index (χ3v) is 3.63. The SMILES string of the molecule is COc1ccc(Cl)cc1N1CCC(NC(=O)C(C)O)C1. The first kappa shape index (κ1) is 14.9. The minimum Gasteiger partial charge on any atom is -0.495 e. The maximum atomic E-state index is 11.5. The van der Waals surface area contributed by atoms with Gasteiger partial charge in [0.15, 0.2) is 0 Å². The van der Waals surface area contributed by atoms with Gasteiger partial charge >= 0.3 is 0 Å². The third kappa shape index (κ3) is 3.35. The number of hydrogen-bond acceptors (Lipinski definition) is 4. The second kappa shape index (κ2) is 6.33. The highest BCUT2D eigenvalue weighted by molar-refractivity contribution is 6.30. The van der Waals surface area contributed by atoms with E-state index in [1.165, 1.54) is 6.92 Å². The van der Waals surface area contributed by atoms with E-state index in [1.54, 1.807) is 13.2 Å². The molecule has 1 amide bonds. The van der Waals surface area contributed by atoms with Gasteiger partial charge in [-0.1, -0.05) is 11.6 Å². The molecule has 0 saturated carbocycles. The maximum Gasteiger partial charge on any atom is 0.248 e. The Morgan fingerprint density at radius 2 is 2.35 bits per heavy atom. The number of amides is 1. The van der Waals surface area contributed by atoms with Crippen LogP contribution in [0.15, 0.2) is 18.2 Å². The van der Waals surface area contributed by atoms with Crippen LogP contribution in [0.2, 0.25) is 5.02 Å². The Morgan fingerprint density at radius 3 is 3.00 bits per heavy atom. The monoisotopic (exact) mass is 298 g/mol. The van der Waals surface area contributed by atoms with Gasteiger partial charge in [0.1, 0.15) is 11.9 Å². The van der Waals surface area contributed by atoms with Gasteiger partial charge in [0.25, 0.3) is 0 Å². The summed E-state index contributed by atoms with van der Waals surface area (Å²) in [6.45, 7) is 2.94. The molecule has 110 valence electrons. The van der Waals surface area contributed by atoms with Crippen LogP contribution in [0.4, 0.5) is 5.69 Å². The summed E-state index contributed by atoms with van der Waals surface area (Å²) in [5.74, 6) is 0.423. The number of ether oxygens (including phenoxy) is 1. The van der Waals surface area contributed by atoms with Crippen LogP contribution >= 0.6 is 11.6 Å². The molecule has 2 N–H and O–H groups in total. The first-order valence-corrected chi connectivity index (χ1v) is 6.96. The number of methoxy groups -OCH3 is 1. The molecular formula is C14H19ClN2O3. The van der Waals surface area contributed by atoms with Crippen LogP contribution in [0, 0.1) is 0 Å². The van der Waals surface area contributed by atoms with E-state index in [0.29, 0.717) is 11.6 Å². The molecule has 1 aromatic carbocycles. The van der Waals surface area contributed by atoms with Gasteiger partial charge in [0, 0.05) is 24.2 Å². The second-order valence-electron chi connectivity index (χ2n) is 4.93. The normalized spacial score (nSPS) is 19.8. The zero-order chi connectivity index (χ0) is 14.7. The Bertz CT molecular complexity index is 493. The van der Waals surface area contributed by atoms with E-state index in [9.17, 15) is 9.90 Å². The van der Waals surface area contributed by atoms with E-state index in [1.807, 2.05) is 12.1 Å². The lowest BCUT2D eigenvalue weighted by Gasteiger charge is -2.22. The van der Waals surface area contributed by atoms with E-state index in [-0.39, 0.29) is 11.9 Å². The smallest absolute Gasteiger partial charge is 0.248 e. The van der Waals surface area contributed by atoms with Crippen LogP contribution in [0.3, 0.4) is 0 Å². The quantitative estimate of drug-likeness (QED) is 0.883. The van der Waals surface area contributed by atoms with E-state index in [0.717, 1.165) is 24.4 Å². The summed E-state index contributed by atoms with van der Waals surface area (Å²) in [5.41, 5.74) is 0.925. The number of aliphatic hydroxyl groups excluding tert-OH is 1. The molecule has 5 nitrogen and oxygen atoms in total. The number of hydrogen-bond donors (Lipinski definition) is 2. The molecule has 0 radical (unpaired) electrons. The molecule has 1 saturated heterocycles. The largest absolute Gasteiger partial charge is 0.495 e. The molecule has 1 fully saturated rings. The summed E-state index contributed by atoms with van der Waals surface area (Å²) < 4.78 is 5.34. The first-order valence-electron chi connectivity index (χ1n) is 6.58. The summed E-state index contributed by atoms with van der Waals surface area (Å²) in [7, 11) is 1.62. The van der Waals surface area contributed by atoms with Crippen LogP contribution in [0.25, 0.3) is 0 Å². The summed E-state index contributed by atoms with van der Waals surface area (Å²) in [5, 5.41) is 12.7. The number of carbonyl (C=O) groups excluding carboxylic acids is 1. The van der Waals surface area contributed by atoms with Crippen LogP contribution in [-0.4, -0.2) is 43.4 Å². The Hall–Kier alpha value is -1.46. The van der Waals surface area contributed by atoms with Crippen LogP contribution < -0.4 is 15.0 Å². The van der Waals surface area contributed by atoms with Crippen LogP contribution in [0.5, 0.6) is 5.75 Å². The summed E-state index contributed by atoms with van der Waals surface area (Å²) >= 11 is 6.03. The predicted molar refractivity (Wildman–Crippen MR) is 78.4 cm³/mol. The average Bonchev–Trinajstić information content (AvgIpc) is 2.87. The molecule has 1 heterocycles. The first-order chi connectivity index (χ1) is 9.51. The van der Waals surface area contributed by atoms with Crippen molar-refractivity contribution in [3.63, 3.8) is 0 Å². The van der Waals surface area contributed by atoms with Gasteiger partial charge in [0.2, 0.25) is 5.91 Å². The molecule has 2 atom stereocenters. The Morgan fingerprint density at radius 1 is 1.60 bits per heavy atom. The number of carbonyl (C=O) groups is 1. The molecule has 2 rings (SSSR count).